The van der Waals surface area contributed by atoms with Crippen molar-refractivity contribution in [2.75, 3.05) is 0 Å². The summed E-state index contributed by atoms with van der Waals surface area (Å²) in [6.07, 6.45) is 1.71. The van der Waals surface area contributed by atoms with Gasteiger partial charge in [0, 0.05) is 11.6 Å². The van der Waals surface area contributed by atoms with Crippen molar-refractivity contribution < 1.29 is 0 Å². The molecule has 0 saturated heterocycles. The molecule has 0 amide bonds. The van der Waals surface area contributed by atoms with Crippen molar-refractivity contribution in [1.29, 1.82) is 0 Å². The Bertz CT molecular complexity index is 63.4. The second-order valence-electron chi connectivity index (χ2n) is 0.623. The predicted octanol–water partition coefficient (Wildman–Crippen LogP) is 0.943. The van der Waals surface area contributed by atoms with E-state index in [1.54, 1.807) is 6.20 Å². The Morgan fingerprint density at radius 1 is 1.80 bits per heavy atom. The van der Waals surface area contributed by atoms with E-state index in [-0.39, 0.29) is 0 Å². The van der Waals surface area contributed by atoms with Crippen LogP contribution in [0.4, 0.5) is 0 Å². The van der Waals surface area contributed by atoms with Gasteiger partial charge in [0.25, 0.3) is 0 Å². The summed E-state index contributed by atoms with van der Waals surface area (Å²) in [7, 11) is 0. The zero-order valence-corrected chi connectivity index (χ0v) is 3.33. The molecule has 0 aliphatic rings. The fourth-order valence-electron chi connectivity index (χ4n) is 0.152. The van der Waals surface area contributed by atoms with Crippen LogP contribution in [0, 0.1) is 5.51 Å². The molecule has 0 spiro atoms. The fourth-order valence-corrected chi connectivity index (χ4v) is 0.456. The average Bonchev–Trinajstić information content (AvgIpc) is 1.76. The van der Waals surface area contributed by atoms with Crippen LogP contribution in [0.25, 0.3) is 0 Å². The summed E-state index contributed by atoms with van der Waals surface area (Å²) in [5.41, 5.74) is 2.65. The number of rotatable bonds is 0. The van der Waals surface area contributed by atoms with Gasteiger partial charge in [-0.25, -0.2) is 4.98 Å². The topological polar surface area (TPSA) is 12.9 Å². The molecular weight excluding hydrogens is 82.1 g/mol. The third-order valence-electron chi connectivity index (χ3n) is 0.309. The molecule has 1 radical (unpaired) electrons. The highest BCUT2D eigenvalue weighted by molar-refractivity contribution is 7.06. The molecule has 0 unspecified atom stereocenters. The second kappa shape index (κ2) is 1.17. The molecule has 0 fully saturated rings. The van der Waals surface area contributed by atoms with Crippen molar-refractivity contribution in [1.82, 2.24) is 4.98 Å². The highest BCUT2D eigenvalue weighted by Gasteiger charge is 1.61. The van der Waals surface area contributed by atoms with Crippen molar-refractivity contribution >= 4 is 11.3 Å². The van der Waals surface area contributed by atoms with Gasteiger partial charge in [0.1, 0.15) is 0 Å². The van der Waals surface area contributed by atoms with Gasteiger partial charge in [-0.05, 0) is 0 Å². The van der Waals surface area contributed by atoms with Crippen molar-refractivity contribution in [3.05, 3.63) is 17.1 Å². The summed E-state index contributed by atoms with van der Waals surface area (Å²) in [4.78, 5) is 3.62. The molecule has 0 aliphatic carbocycles. The first-order chi connectivity index (χ1) is 2.50. The van der Waals surface area contributed by atoms with Gasteiger partial charge in [0.2, 0.25) is 0 Å². The standard InChI is InChI=1S/C3H2NS/c1-2-5-3-4-1/h1-2H. The lowest BCUT2D eigenvalue weighted by molar-refractivity contribution is 1.41. The van der Waals surface area contributed by atoms with E-state index in [2.05, 4.69) is 10.5 Å². The highest BCUT2D eigenvalue weighted by Crippen LogP contribution is 1.84. The zero-order valence-electron chi connectivity index (χ0n) is 2.51. The Morgan fingerprint density at radius 3 is 3.00 bits per heavy atom. The first kappa shape index (κ1) is 2.85. The third kappa shape index (κ3) is 0.450. The van der Waals surface area contributed by atoms with Crippen LogP contribution >= 0.6 is 11.3 Å². The molecule has 0 aliphatic heterocycles. The molecule has 1 heterocycles. The summed E-state index contributed by atoms with van der Waals surface area (Å²) < 4.78 is 0. The SMILES string of the molecule is [c]1nccs1. The zero-order chi connectivity index (χ0) is 3.54. The number of hydrogen-bond acceptors (Lipinski definition) is 2. The maximum Gasteiger partial charge on any atom is 0.152 e. The lowest BCUT2D eigenvalue weighted by atomic mass is 11.0. The summed E-state index contributed by atoms with van der Waals surface area (Å²) >= 11 is 1.48. The molecule has 0 N–H and O–H groups in total. The molecule has 2 heteroatoms. The van der Waals surface area contributed by atoms with Gasteiger partial charge < -0.3 is 0 Å². The molecule has 1 aromatic heterocycles. The van der Waals surface area contributed by atoms with Gasteiger partial charge in [-0.3, -0.25) is 0 Å². The van der Waals surface area contributed by atoms with E-state index in [0.29, 0.717) is 0 Å². The van der Waals surface area contributed by atoms with Crippen LogP contribution in [0.2, 0.25) is 0 Å². The number of nitrogens with zero attached hydrogens (tertiary/aromatic N) is 1. The van der Waals surface area contributed by atoms with E-state index < -0.39 is 0 Å². The van der Waals surface area contributed by atoms with Gasteiger partial charge >= 0.3 is 0 Å². The number of thiazole rings is 1. The van der Waals surface area contributed by atoms with Crippen LogP contribution in [0.5, 0.6) is 0 Å². The minimum absolute atomic E-state index is 1.48. The largest absolute Gasteiger partial charge is 0.242 e. The van der Waals surface area contributed by atoms with Crippen molar-refractivity contribution in [3.63, 3.8) is 0 Å². The lowest BCUT2D eigenvalue weighted by Gasteiger charge is -1.38. The van der Waals surface area contributed by atoms with E-state index >= 15 is 0 Å². The summed E-state index contributed by atoms with van der Waals surface area (Å²) in [6, 6.07) is 0. The van der Waals surface area contributed by atoms with Gasteiger partial charge in [0.15, 0.2) is 5.51 Å². The first-order valence-electron chi connectivity index (χ1n) is 1.25. The molecule has 1 aromatic rings. The predicted molar refractivity (Wildman–Crippen MR) is 20.9 cm³/mol. The normalized spacial score (nSPS) is 8.00. The second-order valence-corrected chi connectivity index (χ2v) is 1.31. The minimum Gasteiger partial charge on any atom is -0.242 e. The molecule has 5 heavy (non-hydrogen) atoms. The van der Waals surface area contributed by atoms with E-state index in [1.165, 1.54) is 11.3 Å². The van der Waals surface area contributed by atoms with Crippen LogP contribution in [-0.4, -0.2) is 4.98 Å². The molecule has 25 valence electrons. The van der Waals surface area contributed by atoms with Crippen molar-refractivity contribution in [2.45, 2.75) is 0 Å². The van der Waals surface area contributed by atoms with E-state index in [4.69, 9.17) is 0 Å². The highest BCUT2D eigenvalue weighted by atomic mass is 32.1. The minimum atomic E-state index is 1.48. The van der Waals surface area contributed by atoms with E-state index in [0.717, 1.165) is 0 Å². The average molecular weight is 84.1 g/mol. The van der Waals surface area contributed by atoms with E-state index in [9.17, 15) is 0 Å². The van der Waals surface area contributed by atoms with Gasteiger partial charge in [-0.2, -0.15) is 0 Å². The Labute approximate surface area is 34.3 Å². The molecule has 0 bridgehead atoms. The van der Waals surface area contributed by atoms with Gasteiger partial charge in [-0.1, -0.05) is 0 Å². The van der Waals surface area contributed by atoms with Crippen LogP contribution < -0.4 is 0 Å². The molecule has 0 saturated carbocycles. The van der Waals surface area contributed by atoms with Crippen LogP contribution in [0.1, 0.15) is 0 Å². The molecule has 0 atom stereocenters. The van der Waals surface area contributed by atoms with Crippen LogP contribution in [-0.2, 0) is 0 Å². The smallest absolute Gasteiger partial charge is 0.152 e. The number of aromatic nitrogens is 1. The maximum absolute atomic E-state index is 3.62. The molecule has 1 nitrogen and oxygen atoms in total. The first-order valence-corrected chi connectivity index (χ1v) is 2.13. The molecule has 0 aromatic carbocycles. The summed E-state index contributed by atoms with van der Waals surface area (Å²) in [5, 5.41) is 1.88. The maximum atomic E-state index is 3.62. The van der Waals surface area contributed by atoms with Crippen LogP contribution in [0.15, 0.2) is 11.6 Å². The molecule has 1 rings (SSSR count). The Morgan fingerprint density at radius 2 is 2.80 bits per heavy atom. The van der Waals surface area contributed by atoms with Crippen molar-refractivity contribution in [2.24, 2.45) is 0 Å². The lowest BCUT2D eigenvalue weighted by Crippen LogP contribution is -1.39. The Hall–Kier alpha value is -0.370. The fraction of sp³-hybridized carbons (Fsp3) is 0. The molecular formula is C3H2NS. The monoisotopic (exact) mass is 84.0 g/mol. The van der Waals surface area contributed by atoms with E-state index in [1.807, 2.05) is 5.38 Å². The third-order valence-corrected chi connectivity index (χ3v) is 0.777. The summed E-state index contributed by atoms with van der Waals surface area (Å²) in [5.74, 6) is 0. The quantitative estimate of drug-likeness (QED) is 0.456. The summed E-state index contributed by atoms with van der Waals surface area (Å²) in [6.45, 7) is 0. The number of hydrogen-bond donors (Lipinski definition) is 0. The van der Waals surface area contributed by atoms with Crippen LogP contribution in [0.3, 0.4) is 0 Å². The Kier molecular flexibility index (Phi) is 0.667. The van der Waals surface area contributed by atoms with Gasteiger partial charge in [0.05, 0.1) is 0 Å². The van der Waals surface area contributed by atoms with Gasteiger partial charge in [-0.15, -0.1) is 11.3 Å². The van der Waals surface area contributed by atoms with Crippen molar-refractivity contribution in [3.8, 4) is 0 Å². The Balaban J connectivity index is 3.13.